The highest BCUT2D eigenvalue weighted by molar-refractivity contribution is 5.97. The number of benzene rings is 1. The molecule has 3 heterocycles. The van der Waals surface area contributed by atoms with Crippen LogP contribution in [0.3, 0.4) is 0 Å². The van der Waals surface area contributed by atoms with Crippen LogP contribution in [0.15, 0.2) is 48.7 Å². The second-order valence-electron chi connectivity index (χ2n) is 7.32. The molecule has 1 aromatic carbocycles. The number of aromatic nitrogens is 1. The SMILES string of the molecule is O=C(NCCN1CCCC1)C1Cn2cccc2C(=O)N1Cc1ccccc1. The number of likely N-dealkylation sites (tertiary alicyclic amines) is 1. The van der Waals surface area contributed by atoms with Crippen molar-refractivity contribution in [2.75, 3.05) is 26.2 Å². The molecule has 6 nitrogen and oxygen atoms in total. The molecule has 2 aromatic rings. The number of carbonyl (C=O) groups is 2. The Hall–Kier alpha value is -2.60. The van der Waals surface area contributed by atoms with Crippen LogP contribution in [0.25, 0.3) is 0 Å². The molecule has 0 bridgehead atoms. The van der Waals surface area contributed by atoms with Crippen LogP contribution < -0.4 is 5.32 Å². The van der Waals surface area contributed by atoms with Gasteiger partial charge in [-0.25, -0.2) is 0 Å². The normalized spacial score (nSPS) is 19.9. The Morgan fingerprint density at radius 2 is 1.85 bits per heavy atom. The van der Waals surface area contributed by atoms with Crippen LogP contribution in [-0.4, -0.2) is 58.4 Å². The number of hydrogen-bond donors (Lipinski definition) is 1. The molecule has 1 saturated heterocycles. The summed E-state index contributed by atoms with van der Waals surface area (Å²) in [6, 6.07) is 13.0. The van der Waals surface area contributed by atoms with E-state index in [1.54, 1.807) is 4.90 Å². The summed E-state index contributed by atoms with van der Waals surface area (Å²) >= 11 is 0. The lowest BCUT2D eigenvalue weighted by Crippen LogP contribution is -2.55. The van der Waals surface area contributed by atoms with E-state index in [4.69, 9.17) is 0 Å². The molecule has 0 saturated carbocycles. The van der Waals surface area contributed by atoms with E-state index in [9.17, 15) is 9.59 Å². The van der Waals surface area contributed by atoms with Gasteiger partial charge in [0.2, 0.25) is 5.91 Å². The Kier molecular flexibility index (Phi) is 5.25. The van der Waals surface area contributed by atoms with Crippen LogP contribution in [0.1, 0.15) is 28.9 Å². The van der Waals surface area contributed by atoms with Crippen molar-refractivity contribution in [3.05, 3.63) is 59.9 Å². The average Bonchev–Trinajstić information content (AvgIpc) is 3.36. The number of rotatable bonds is 6. The predicted molar refractivity (Wildman–Crippen MR) is 103 cm³/mol. The zero-order valence-corrected chi connectivity index (χ0v) is 15.5. The number of nitrogens with zero attached hydrogens (tertiary/aromatic N) is 3. The molecule has 1 atom stereocenters. The van der Waals surface area contributed by atoms with E-state index in [2.05, 4.69) is 10.2 Å². The number of nitrogens with one attached hydrogen (secondary N) is 1. The van der Waals surface area contributed by atoms with Gasteiger partial charge < -0.3 is 19.7 Å². The highest BCUT2D eigenvalue weighted by atomic mass is 16.2. The molecule has 0 aliphatic carbocycles. The van der Waals surface area contributed by atoms with Crippen molar-refractivity contribution in [2.24, 2.45) is 0 Å². The fourth-order valence-electron chi connectivity index (χ4n) is 3.99. The lowest BCUT2D eigenvalue weighted by molar-refractivity contribution is -0.126. The van der Waals surface area contributed by atoms with Crippen molar-refractivity contribution in [2.45, 2.75) is 32.0 Å². The Bertz CT molecular complexity index is 796. The molecule has 0 spiro atoms. The fourth-order valence-corrected chi connectivity index (χ4v) is 3.99. The first-order valence-corrected chi connectivity index (χ1v) is 9.72. The number of amides is 2. The summed E-state index contributed by atoms with van der Waals surface area (Å²) in [5, 5.41) is 3.05. The minimum Gasteiger partial charge on any atom is -0.353 e. The molecule has 1 fully saturated rings. The highest BCUT2D eigenvalue weighted by Crippen LogP contribution is 2.21. The second-order valence-corrected chi connectivity index (χ2v) is 7.32. The van der Waals surface area contributed by atoms with Gasteiger partial charge in [0, 0.05) is 25.8 Å². The Labute approximate surface area is 159 Å². The third-order valence-electron chi connectivity index (χ3n) is 5.48. The lowest BCUT2D eigenvalue weighted by atomic mass is 10.1. The summed E-state index contributed by atoms with van der Waals surface area (Å²) in [6.07, 6.45) is 4.36. The zero-order valence-electron chi connectivity index (χ0n) is 15.5. The van der Waals surface area contributed by atoms with Gasteiger partial charge in [-0.05, 0) is 43.6 Å². The molecule has 27 heavy (non-hydrogen) atoms. The van der Waals surface area contributed by atoms with Gasteiger partial charge in [0.15, 0.2) is 0 Å². The van der Waals surface area contributed by atoms with E-state index in [0.717, 1.165) is 25.2 Å². The van der Waals surface area contributed by atoms with Gasteiger partial charge in [-0.3, -0.25) is 9.59 Å². The molecular weight excluding hydrogens is 340 g/mol. The summed E-state index contributed by atoms with van der Waals surface area (Å²) in [6.45, 7) is 4.67. The van der Waals surface area contributed by atoms with E-state index in [1.165, 1.54) is 12.8 Å². The van der Waals surface area contributed by atoms with Crippen molar-refractivity contribution in [1.29, 1.82) is 0 Å². The molecule has 142 valence electrons. The summed E-state index contributed by atoms with van der Waals surface area (Å²) < 4.78 is 1.88. The number of hydrogen-bond acceptors (Lipinski definition) is 3. The smallest absolute Gasteiger partial charge is 0.271 e. The van der Waals surface area contributed by atoms with E-state index >= 15 is 0 Å². The van der Waals surface area contributed by atoms with Crippen LogP contribution in [0.4, 0.5) is 0 Å². The topological polar surface area (TPSA) is 57.6 Å². The molecule has 2 amide bonds. The van der Waals surface area contributed by atoms with Crippen LogP contribution in [0, 0.1) is 0 Å². The average molecular weight is 366 g/mol. The largest absolute Gasteiger partial charge is 0.353 e. The first-order valence-electron chi connectivity index (χ1n) is 9.72. The van der Waals surface area contributed by atoms with Gasteiger partial charge in [-0.1, -0.05) is 30.3 Å². The van der Waals surface area contributed by atoms with Crippen molar-refractivity contribution in [3.63, 3.8) is 0 Å². The summed E-state index contributed by atoms with van der Waals surface area (Å²) in [4.78, 5) is 30.0. The fraction of sp³-hybridized carbons (Fsp3) is 0.429. The van der Waals surface area contributed by atoms with Crippen molar-refractivity contribution < 1.29 is 9.59 Å². The maximum absolute atomic E-state index is 13.0. The van der Waals surface area contributed by atoms with E-state index in [1.807, 2.05) is 53.2 Å². The van der Waals surface area contributed by atoms with Crippen molar-refractivity contribution in [1.82, 2.24) is 19.7 Å². The highest BCUT2D eigenvalue weighted by Gasteiger charge is 2.36. The zero-order chi connectivity index (χ0) is 18.6. The van der Waals surface area contributed by atoms with Gasteiger partial charge in [0.1, 0.15) is 11.7 Å². The molecule has 1 aromatic heterocycles. The van der Waals surface area contributed by atoms with E-state index in [0.29, 0.717) is 25.3 Å². The van der Waals surface area contributed by atoms with Gasteiger partial charge in [-0.2, -0.15) is 0 Å². The second kappa shape index (κ2) is 7.96. The van der Waals surface area contributed by atoms with Gasteiger partial charge in [0.05, 0.1) is 6.54 Å². The lowest BCUT2D eigenvalue weighted by Gasteiger charge is -2.36. The molecule has 1 unspecified atom stereocenters. The predicted octanol–water partition coefficient (Wildman–Crippen LogP) is 1.72. The summed E-state index contributed by atoms with van der Waals surface area (Å²) in [5.74, 6) is -0.160. The molecular formula is C21H26N4O2. The van der Waals surface area contributed by atoms with Gasteiger partial charge in [-0.15, -0.1) is 0 Å². The standard InChI is InChI=1S/C21H26N4O2/c26-20(22-10-14-23-11-4-5-12-23)19-16-24-13-6-9-18(24)21(27)25(19)15-17-7-2-1-3-8-17/h1-3,6-9,13,19H,4-5,10-12,14-16H2,(H,22,26). The van der Waals surface area contributed by atoms with Crippen LogP contribution in [0.2, 0.25) is 0 Å². The minimum absolute atomic E-state index is 0.0715. The summed E-state index contributed by atoms with van der Waals surface area (Å²) in [5.41, 5.74) is 1.67. The Morgan fingerprint density at radius 1 is 1.07 bits per heavy atom. The molecule has 0 radical (unpaired) electrons. The maximum Gasteiger partial charge on any atom is 0.271 e. The summed E-state index contributed by atoms with van der Waals surface area (Å²) in [7, 11) is 0. The van der Waals surface area contributed by atoms with Gasteiger partial charge in [0.25, 0.3) is 5.91 Å². The van der Waals surface area contributed by atoms with Crippen LogP contribution in [0.5, 0.6) is 0 Å². The molecule has 6 heteroatoms. The van der Waals surface area contributed by atoms with Crippen LogP contribution >= 0.6 is 0 Å². The Balaban J connectivity index is 1.47. The van der Waals surface area contributed by atoms with Crippen LogP contribution in [-0.2, 0) is 17.9 Å². The quantitative estimate of drug-likeness (QED) is 0.847. The number of fused-ring (bicyclic) bond motifs is 1. The van der Waals surface area contributed by atoms with Gasteiger partial charge >= 0.3 is 0 Å². The van der Waals surface area contributed by atoms with E-state index in [-0.39, 0.29) is 11.8 Å². The molecule has 2 aliphatic heterocycles. The van der Waals surface area contributed by atoms with Crippen molar-refractivity contribution in [3.8, 4) is 0 Å². The van der Waals surface area contributed by atoms with E-state index < -0.39 is 6.04 Å². The third kappa shape index (κ3) is 3.90. The number of carbonyl (C=O) groups excluding carboxylic acids is 2. The van der Waals surface area contributed by atoms with Crippen molar-refractivity contribution >= 4 is 11.8 Å². The molecule has 1 N–H and O–H groups in total. The monoisotopic (exact) mass is 366 g/mol. The first kappa shape index (κ1) is 17.8. The molecule has 2 aliphatic rings. The molecule has 4 rings (SSSR count). The minimum atomic E-state index is -0.490. The maximum atomic E-state index is 13.0. The third-order valence-corrected chi connectivity index (χ3v) is 5.48. The Morgan fingerprint density at radius 3 is 2.63 bits per heavy atom. The first-order chi connectivity index (χ1) is 13.2.